The van der Waals surface area contributed by atoms with E-state index in [-0.39, 0.29) is 37.2 Å². The molecule has 2 atom stereocenters. The number of piperidine rings is 1. The van der Waals surface area contributed by atoms with Gasteiger partial charge in [-0.2, -0.15) is 13.2 Å². The molecule has 0 radical (unpaired) electrons. The third-order valence-corrected chi connectivity index (χ3v) is 4.92. The molecule has 1 amide bonds. The van der Waals surface area contributed by atoms with Gasteiger partial charge >= 0.3 is 6.18 Å². The molecular weight excluding hydrogens is 369 g/mol. The average Bonchev–Trinajstić information content (AvgIpc) is 2.90. The van der Waals surface area contributed by atoms with Crippen molar-refractivity contribution in [2.24, 2.45) is 5.92 Å². The van der Waals surface area contributed by atoms with Crippen molar-refractivity contribution in [1.82, 2.24) is 10.6 Å². The number of benzene rings is 1. The zero-order valence-corrected chi connectivity index (χ0v) is 15.2. The van der Waals surface area contributed by atoms with Crippen LogP contribution in [0.3, 0.4) is 0 Å². The van der Waals surface area contributed by atoms with Crippen LogP contribution in [0.25, 0.3) is 0 Å². The molecule has 0 aromatic heterocycles. The Kier molecular flexibility index (Phi) is 7.17. The minimum absolute atomic E-state index is 0. The predicted molar refractivity (Wildman–Crippen MR) is 94.5 cm³/mol. The van der Waals surface area contributed by atoms with E-state index in [2.05, 4.69) is 10.6 Å². The van der Waals surface area contributed by atoms with Crippen molar-refractivity contribution in [2.45, 2.75) is 50.4 Å². The van der Waals surface area contributed by atoms with Crippen molar-refractivity contribution in [2.75, 3.05) is 13.2 Å². The van der Waals surface area contributed by atoms with Gasteiger partial charge in [0.15, 0.2) is 0 Å². The summed E-state index contributed by atoms with van der Waals surface area (Å²) in [7, 11) is 0. The minimum Gasteiger partial charge on any atom is -0.491 e. The van der Waals surface area contributed by atoms with Crippen molar-refractivity contribution < 1.29 is 22.7 Å². The first-order valence-corrected chi connectivity index (χ1v) is 8.73. The van der Waals surface area contributed by atoms with Gasteiger partial charge in [-0.05, 0) is 43.7 Å². The molecule has 8 heteroatoms. The number of ether oxygens (including phenoxy) is 1. The van der Waals surface area contributed by atoms with Crippen molar-refractivity contribution in [3.05, 3.63) is 29.8 Å². The van der Waals surface area contributed by atoms with E-state index in [9.17, 15) is 18.0 Å². The second kappa shape index (κ2) is 8.95. The second-order valence-corrected chi connectivity index (χ2v) is 6.87. The lowest BCUT2D eigenvalue weighted by Crippen LogP contribution is -2.40. The summed E-state index contributed by atoms with van der Waals surface area (Å²) in [5.41, 5.74) is -0.800. The Bertz CT molecular complexity index is 600. The van der Waals surface area contributed by atoms with Gasteiger partial charge in [0.2, 0.25) is 5.91 Å². The van der Waals surface area contributed by atoms with Crippen LogP contribution < -0.4 is 15.4 Å². The highest BCUT2D eigenvalue weighted by Gasteiger charge is 2.35. The van der Waals surface area contributed by atoms with Gasteiger partial charge in [-0.1, -0.05) is 12.1 Å². The summed E-state index contributed by atoms with van der Waals surface area (Å²) in [5.74, 6) is 0.129. The van der Waals surface area contributed by atoms with Crippen molar-refractivity contribution in [1.29, 1.82) is 0 Å². The van der Waals surface area contributed by atoms with Crippen LogP contribution in [0.5, 0.6) is 5.75 Å². The molecule has 2 N–H and O–H groups in total. The lowest BCUT2D eigenvalue weighted by molar-refractivity contribution is -0.139. The predicted octanol–water partition coefficient (Wildman–Crippen LogP) is 3.54. The van der Waals surface area contributed by atoms with Gasteiger partial charge < -0.3 is 15.4 Å². The van der Waals surface area contributed by atoms with Crippen LogP contribution in [0, 0.1) is 5.92 Å². The highest BCUT2D eigenvalue weighted by molar-refractivity contribution is 5.85. The summed E-state index contributed by atoms with van der Waals surface area (Å²) in [4.78, 5) is 12.0. The number of nitrogens with one attached hydrogen (secondary N) is 2. The van der Waals surface area contributed by atoms with E-state index in [4.69, 9.17) is 4.74 Å². The number of carbonyl (C=O) groups excluding carboxylic acids is 1. The first kappa shape index (κ1) is 20.8. The van der Waals surface area contributed by atoms with Gasteiger partial charge in [0.25, 0.3) is 0 Å². The molecule has 2 unspecified atom stereocenters. The van der Waals surface area contributed by atoms with Crippen LogP contribution in [0.4, 0.5) is 13.2 Å². The summed E-state index contributed by atoms with van der Waals surface area (Å²) in [6, 6.07) is 6.17. The minimum atomic E-state index is -4.45. The zero-order valence-electron chi connectivity index (χ0n) is 14.3. The standard InChI is InChI=1S/C18H23F3N2O2.ClH/c19-18(20,21)15-3-1-2-4-16(15)25-8-7-22-17(24)11-12-9-13-5-6-14(10-12)23-13;/h1-4,12-14,23H,5-11H2,(H,22,24);1H. The van der Waals surface area contributed by atoms with E-state index >= 15 is 0 Å². The maximum Gasteiger partial charge on any atom is 0.419 e. The summed E-state index contributed by atoms with van der Waals surface area (Å²) in [5, 5.41) is 6.28. The Balaban J connectivity index is 0.00000243. The van der Waals surface area contributed by atoms with E-state index in [0.29, 0.717) is 24.4 Å². The number of halogens is 4. The summed E-state index contributed by atoms with van der Waals surface area (Å²) < 4.78 is 43.8. The van der Waals surface area contributed by atoms with Crippen LogP contribution in [-0.2, 0) is 11.0 Å². The Morgan fingerprint density at radius 3 is 2.50 bits per heavy atom. The van der Waals surface area contributed by atoms with Gasteiger partial charge in [-0.3, -0.25) is 4.79 Å². The Hall–Kier alpha value is -1.47. The molecule has 0 spiro atoms. The fourth-order valence-corrected chi connectivity index (χ4v) is 3.85. The van der Waals surface area contributed by atoms with Gasteiger partial charge in [-0.15, -0.1) is 12.4 Å². The van der Waals surface area contributed by atoms with E-state index < -0.39 is 11.7 Å². The van der Waals surface area contributed by atoms with E-state index in [0.717, 1.165) is 18.9 Å². The van der Waals surface area contributed by atoms with Crippen LogP contribution >= 0.6 is 12.4 Å². The molecule has 26 heavy (non-hydrogen) atoms. The summed E-state index contributed by atoms with van der Waals surface area (Å²) >= 11 is 0. The molecule has 1 aromatic carbocycles. The quantitative estimate of drug-likeness (QED) is 0.728. The fraction of sp³-hybridized carbons (Fsp3) is 0.611. The largest absolute Gasteiger partial charge is 0.491 e. The molecule has 2 saturated heterocycles. The Morgan fingerprint density at radius 1 is 1.19 bits per heavy atom. The number of fused-ring (bicyclic) bond motifs is 2. The topological polar surface area (TPSA) is 50.4 Å². The fourth-order valence-electron chi connectivity index (χ4n) is 3.85. The molecule has 2 aliphatic rings. The van der Waals surface area contributed by atoms with Crippen molar-refractivity contribution in [3.63, 3.8) is 0 Å². The van der Waals surface area contributed by atoms with E-state index in [1.54, 1.807) is 0 Å². The smallest absolute Gasteiger partial charge is 0.419 e. The Labute approximate surface area is 157 Å². The van der Waals surface area contributed by atoms with Crippen LogP contribution in [0.15, 0.2) is 24.3 Å². The lowest BCUT2D eigenvalue weighted by Gasteiger charge is -2.28. The van der Waals surface area contributed by atoms with Crippen LogP contribution in [-0.4, -0.2) is 31.1 Å². The monoisotopic (exact) mass is 392 g/mol. The molecule has 4 nitrogen and oxygen atoms in total. The van der Waals surface area contributed by atoms with Crippen molar-refractivity contribution in [3.8, 4) is 5.75 Å². The normalized spacial score (nSPS) is 24.7. The van der Waals surface area contributed by atoms with Gasteiger partial charge in [0.05, 0.1) is 12.1 Å². The second-order valence-electron chi connectivity index (χ2n) is 6.87. The first-order valence-electron chi connectivity index (χ1n) is 8.73. The SMILES string of the molecule is Cl.O=C(CC1CC2CCC(C1)N2)NCCOc1ccccc1C(F)(F)F. The molecule has 2 bridgehead atoms. The van der Waals surface area contributed by atoms with E-state index in [1.165, 1.54) is 31.0 Å². The third-order valence-electron chi connectivity index (χ3n) is 4.92. The molecule has 3 rings (SSSR count). The van der Waals surface area contributed by atoms with Crippen LogP contribution in [0.1, 0.15) is 37.7 Å². The van der Waals surface area contributed by atoms with E-state index in [1.807, 2.05) is 0 Å². The maximum atomic E-state index is 12.9. The highest BCUT2D eigenvalue weighted by atomic mass is 35.5. The molecule has 2 fully saturated rings. The number of alkyl halides is 3. The molecule has 0 saturated carbocycles. The number of carbonyl (C=O) groups is 1. The first-order chi connectivity index (χ1) is 11.9. The maximum absolute atomic E-state index is 12.9. The summed E-state index contributed by atoms with van der Waals surface area (Å²) in [6.07, 6.45) is 0.464. The number of rotatable bonds is 6. The molecular formula is C18H24ClF3N2O2. The van der Waals surface area contributed by atoms with Crippen molar-refractivity contribution >= 4 is 18.3 Å². The number of hydrogen-bond donors (Lipinski definition) is 2. The van der Waals surface area contributed by atoms with Gasteiger partial charge in [-0.25, -0.2) is 0 Å². The Morgan fingerprint density at radius 2 is 1.85 bits per heavy atom. The lowest BCUT2D eigenvalue weighted by atomic mass is 9.89. The molecule has 146 valence electrons. The highest BCUT2D eigenvalue weighted by Crippen LogP contribution is 2.36. The zero-order chi connectivity index (χ0) is 17.9. The number of amides is 1. The average molecular weight is 393 g/mol. The molecule has 0 aliphatic carbocycles. The molecule has 2 heterocycles. The summed E-state index contributed by atoms with van der Waals surface area (Å²) in [6.45, 7) is 0.207. The van der Waals surface area contributed by atoms with Gasteiger partial charge in [0.1, 0.15) is 12.4 Å². The number of hydrogen-bond acceptors (Lipinski definition) is 3. The molecule has 1 aromatic rings. The van der Waals surface area contributed by atoms with Gasteiger partial charge in [0, 0.05) is 18.5 Å². The number of para-hydroxylation sites is 1. The third kappa shape index (κ3) is 5.51. The van der Waals surface area contributed by atoms with Crippen LogP contribution in [0.2, 0.25) is 0 Å². The molecule has 2 aliphatic heterocycles.